The Labute approximate surface area is 136 Å². The standard InChI is InChI=1S/C15H12N4O5/c1-22-13-5-10-11(6-14(13)23-2)16-4-3-12(10)24-15-17-7-9(8-18-15)19(20)21/h3-8H,1-2H3. The van der Waals surface area contributed by atoms with Crippen molar-refractivity contribution in [2.45, 2.75) is 0 Å². The lowest BCUT2D eigenvalue weighted by Gasteiger charge is -2.11. The van der Waals surface area contributed by atoms with Crippen molar-refractivity contribution in [2.75, 3.05) is 14.2 Å². The van der Waals surface area contributed by atoms with Crippen molar-refractivity contribution in [1.29, 1.82) is 0 Å². The van der Waals surface area contributed by atoms with Crippen molar-refractivity contribution >= 4 is 16.6 Å². The lowest BCUT2D eigenvalue weighted by atomic mass is 10.2. The number of pyridine rings is 1. The molecule has 2 aromatic heterocycles. The summed E-state index contributed by atoms with van der Waals surface area (Å²) in [6, 6.07) is 5.07. The average Bonchev–Trinajstić information content (AvgIpc) is 2.61. The SMILES string of the molecule is COc1cc2nccc(Oc3ncc([N+](=O)[O-])cn3)c2cc1OC. The van der Waals surface area contributed by atoms with E-state index in [9.17, 15) is 10.1 Å². The Balaban J connectivity index is 2.01. The summed E-state index contributed by atoms with van der Waals surface area (Å²) in [6.07, 6.45) is 3.72. The molecular formula is C15H12N4O5. The first-order valence-electron chi connectivity index (χ1n) is 6.77. The van der Waals surface area contributed by atoms with Crippen LogP contribution in [-0.4, -0.2) is 34.1 Å². The monoisotopic (exact) mass is 328 g/mol. The molecule has 0 N–H and O–H groups in total. The predicted octanol–water partition coefficient (Wildman–Crippen LogP) is 2.74. The maximum atomic E-state index is 10.6. The molecule has 0 bridgehead atoms. The summed E-state index contributed by atoms with van der Waals surface area (Å²) in [4.78, 5) is 22.0. The molecule has 0 unspecified atom stereocenters. The smallest absolute Gasteiger partial charge is 0.322 e. The average molecular weight is 328 g/mol. The predicted molar refractivity (Wildman–Crippen MR) is 83.6 cm³/mol. The number of nitro groups is 1. The van der Waals surface area contributed by atoms with Gasteiger partial charge in [0.1, 0.15) is 18.1 Å². The molecule has 0 spiro atoms. The van der Waals surface area contributed by atoms with Crippen LogP contribution in [-0.2, 0) is 0 Å². The van der Waals surface area contributed by atoms with Crippen molar-refractivity contribution in [3.63, 3.8) is 0 Å². The minimum Gasteiger partial charge on any atom is -0.493 e. The van der Waals surface area contributed by atoms with Crippen LogP contribution in [0.2, 0.25) is 0 Å². The van der Waals surface area contributed by atoms with Crippen LogP contribution in [0.15, 0.2) is 36.8 Å². The van der Waals surface area contributed by atoms with Gasteiger partial charge in [0.2, 0.25) is 0 Å². The molecule has 0 amide bonds. The van der Waals surface area contributed by atoms with Gasteiger partial charge in [0.25, 0.3) is 0 Å². The second kappa shape index (κ2) is 6.32. The number of ether oxygens (including phenoxy) is 3. The quantitative estimate of drug-likeness (QED) is 0.519. The highest BCUT2D eigenvalue weighted by atomic mass is 16.6. The molecule has 0 aliphatic carbocycles. The topological polar surface area (TPSA) is 110 Å². The Morgan fingerprint density at radius 1 is 1.00 bits per heavy atom. The molecule has 0 saturated carbocycles. The highest BCUT2D eigenvalue weighted by Gasteiger charge is 2.13. The third-order valence-corrected chi connectivity index (χ3v) is 3.23. The Bertz CT molecular complexity index is 898. The number of methoxy groups -OCH3 is 2. The first-order chi connectivity index (χ1) is 11.6. The Morgan fingerprint density at radius 2 is 1.67 bits per heavy atom. The minimum absolute atomic E-state index is 0.0112. The van der Waals surface area contributed by atoms with E-state index in [1.807, 2.05) is 0 Å². The fraction of sp³-hybridized carbons (Fsp3) is 0.133. The van der Waals surface area contributed by atoms with Crippen LogP contribution in [0.1, 0.15) is 0 Å². The Morgan fingerprint density at radius 3 is 2.29 bits per heavy atom. The van der Waals surface area contributed by atoms with Crippen molar-refractivity contribution in [2.24, 2.45) is 0 Å². The van der Waals surface area contributed by atoms with E-state index in [0.29, 0.717) is 28.2 Å². The summed E-state index contributed by atoms with van der Waals surface area (Å²) in [7, 11) is 3.06. The molecule has 122 valence electrons. The normalized spacial score (nSPS) is 10.4. The van der Waals surface area contributed by atoms with Crippen LogP contribution >= 0.6 is 0 Å². The highest BCUT2D eigenvalue weighted by Crippen LogP contribution is 2.36. The molecule has 0 atom stereocenters. The third-order valence-electron chi connectivity index (χ3n) is 3.23. The minimum atomic E-state index is -0.581. The zero-order valence-corrected chi connectivity index (χ0v) is 12.8. The third kappa shape index (κ3) is 2.86. The zero-order valence-electron chi connectivity index (χ0n) is 12.8. The van der Waals surface area contributed by atoms with Crippen molar-refractivity contribution < 1.29 is 19.1 Å². The van der Waals surface area contributed by atoms with Crippen molar-refractivity contribution in [3.8, 4) is 23.3 Å². The lowest BCUT2D eigenvalue weighted by molar-refractivity contribution is -0.385. The Hall–Kier alpha value is -3.49. The van der Waals surface area contributed by atoms with Gasteiger partial charge in [-0.2, -0.15) is 9.97 Å². The number of hydrogen-bond donors (Lipinski definition) is 0. The van der Waals surface area contributed by atoms with E-state index >= 15 is 0 Å². The van der Waals surface area contributed by atoms with Crippen LogP contribution in [0, 0.1) is 10.1 Å². The van der Waals surface area contributed by atoms with E-state index in [1.54, 1.807) is 24.4 Å². The van der Waals surface area contributed by atoms with Crippen molar-refractivity contribution in [3.05, 3.63) is 46.9 Å². The van der Waals surface area contributed by atoms with Gasteiger partial charge in [0, 0.05) is 17.6 Å². The summed E-state index contributed by atoms with van der Waals surface area (Å²) in [5, 5.41) is 11.3. The molecule has 0 aliphatic rings. The van der Waals surface area contributed by atoms with Gasteiger partial charge in [-0.25, -0.2) is 0 Å². The molecule has 1 aromatic carbocycles. The van der Waals surface area contributed by atoms with Crippen LogP contribution in [0.25, 0.3) is 10.9 Å². The van der Waals surface area contributed by atoms with Gasteiger partial charge < -0.3 is 14.2 Å². The fourth-order valence-corrected chi connectivity index (χ4v) is 2.09. The Kier molecular flexibility index (Phi) is 4.06. The first kappa shape index (κ1) is 15.4. The number of fused-ring (bicyclic) bond motifs is 1. The molecular weight excluding hydrogens is 316 g/mol. The molecule has 2 heterocycles. The van der Waals surface area contributed by atoms with Gasteiger partial charge in [-0.3, -0.25) is 15.1 Å². The van der Waals surface area contributed by atoms with E-state index in [4.69, 9.17) is 14.2 Å². The summed E-state index contributed by atoms with van der Waals surface area (Å²) in [6.45, 7) is 0. The molecule has 3 rings (SSSR count). The molecule has 0 aliphatic heterocycles. The molecule has 3 aromatic rings. The summed E-state index contributed by atoms with van der Waals surface area (Å²) in [5.41, 5.74) is 0.417. The first-order valence-corrected chi connectivity index (χ1v) is 6.77. The van der Waals surface area contributed by atoms with Crippen molar-refractivity contribution in [1.82, 2.24) is 15.0 Å². The van der Waals surface area contributed by atoms with E-state index in [1.165, 1.54) is 14.2 Å². The molecule has 9 heteroatoms. The van der Waals surface area contributed by atoms with E-state index < -0.39 is 4.92 Å². The van der Waals surface area contributed by atoms with Gasteiger partial charge in [-0.05, 0) is 12.1 Å². The number of benzene rings is 1. The lowest BCUT2D eigenvalue weighted by Crippen LogP contribution is -1.96. The van der Waals surface area contributed by atoms with Crippen LogP contribution < -0.4 is 14.2 Å². The fourth-order valence-electron chi connectivity index (χ4n) is 2.09. The second-order valence-electron chi connectivity index (χ2n) is 4.62. The van der Waals surface area contributed by atoms with Crippen LogP contribution in [0.5, 0.6) is 23.3 Å². The maximum Gasteiger partial charge on any atom is 0.322 e. The van der Waals surface area contributed by atoms with E-state index in [0.717, 1.165) is 12.4 Å². The van der Waals surface area contributed by atoms with E-state index in [-0.39, 0.29) is 11.7 Å². The van der Waals surface area contributed by atoms with Crippen LogP contribution in [0.4, 0.5) is 5.69 Å². The number of aromatic nitrogens is 3. The summed E-state index contributed by atoms with van der Waals surface area (Å²) in [5.74, 6) is 1.50. The summed E-state index contributed by atoms with van der Waals surface area (Å²) < 4.78 is 16.1. The molecule has 0 fully saturated rings. The van der Waals surface area contributed by atoms with Gasteiger partial charge >= 0.3 is 11.7 Å². The van der Waals surface area contributed by atoms with Gasteiger partial charge in [-0.15, -0.1) is 0 Å². The molecule has 0 saturated heterocycles. The molecule has 9 nitrogen and oxygen atoms in total. The zero-order chi connectivity index (χ0) is 17.1. The van der Waals surface area contributed by atoms with Gasteiger partial charge in [-0.1, -0.05) is 0 Å². The van der Waals surface area contributed by atoms with Crippen LogP contribution in [0.3, 0.4) is 0 Å². The van der Waals surface area contributed by atoms with Gasteiger partial charge in [0.05, 0.1) is 24.7 Å². The molecule has 24 heavy (non-hydrogen) atoms. The van der Waals surface area contributed by atoms with E-state index in [2.05, 4.69) is 15.0 Å². The summed E-state index contributed by atoms with van der Waals surface area (Å²) >= 11 is 0. The maximum absolute atomic E-state index is 10.6. The number of hydrogen-bond acceptors (Lipinski definition) is 8. The van der Waals surface area contributed by atoms with Gasteiger partial charge in [0.15, 0.2) is 11.5 Å². The second-order valence-corrected chi connectivity index (χ2v) is 4.62. The molecule has 0 radical (unpaired) electrons. The highest BCUT2D eigenvalue weighted by molar-refractivity contribution is 5.88. The number of rotatable bonds is 5. The number of nitrogens with zero attached hydrogens (tertiary/aromatic N) is 4. The largest absolute Gasteiger partial charge is 0.493 e.